The highest BCUT2D eigenvalue weighted by molar-refractivity contribution is 7.92. The van der Waals surface area contributed by atoms with Gasteiger partial charge in [-0.3, -0.25) is 9.52 Å². The Morgan fingerprint density at radius 2 is 1.74 bits per heavy atom. The summed E-state index contributed by atoms with van der Waals surface area (Å²) < 4.78 is 37.7. The Kier molecular flexibility index (Phi) is 7.62. The van der Waals surface area contributed by atoms with Crippen molar-refractivity contribution in [3.63, 3.8) is 0 Å². The van der Waals surface area contributed by atoms with E-state index in [9.17, 15) is 13.2 Å². The van der Waals surface area contributed by atoms with Crippen molar-refractivity contribution in [1.29, 1.82) is 0 Å². The van der Waals surface area contributed by atoms with Crippen LogP contribution in [0, 0.1) is 6.92 Å². The van der Waals surface area contributed by atoms with E-state index >= 15 is 0 Å². The maximum absolute atomic E-state index is 13.2. The van der Waals surface area contributed by atoms with Crippen LogP contribution in [-0.2, 0) is 15.4 Å². The lowest BCUT2D eigenvalue weighted by Crippen LogP contribution is -2.18. The van der Waals surface area contributed by atoms with E-state index in [-0.39, 0.29) is 16.9 Å². The third-order valence-electron chi connectivity index (χ3n) is 5.08. The number of aromatic nitrogens is 1. The Balaban J connectivity index is 1.99. The van der Waals surface area contributed by atoms with Gasteiger partial charge >= 0.3 is 0 Å². The van der Waals surface area contributed by atoms with Crippen LogP contribution in [0.25, 0.3) is 0 Å². The number of sulfonamides is 1. The molecule has 186 valence electrons. The molecule has 0 bridgehead atoms. The molecule has 0 saturated heterocycles. The molecular weight excluding hydrogens is 490 g/mol. The predicted molar refractivity (Wildman–Crippen MR) is 139 cm³/mol. The van der Waals surface area contributed by atoms with Gasteiger partial charge in [0.2, 0.25) is 10.0 Å². The van der Waals surface area contributed by atoms with Crippen LogP contribution in [0.1, 0.15) is 42.3 Å². The number of pyridine rings is 1. The monoisotopic (exact) mass is 517 g/mol. The van der Waals surface area contributed by atoms with E-state index in [4.69, 9.17) is 21.1 Å². The normalized spacial score (nSPS) is 11.6. The van der Waals surface area contributed by atoms with Crippen molar-refractivity contribution in [2.45, 2.75) is 33.1 Å². The van der Waals surface area contributed by atoms with Crippen molar-refractivity contribution in [3.05, 3.63) is 70.5 Å². The van der Waals surface area contributed by atoms with E-state index in [2.05, 4.69) is 15.0 Å². The number of rotatable bonds is 7. The molecule has 0 aliphatic heterocycles. The van der Waals surface area contributed by atoms with Crippen LogP contribution in [0.3, 0.4) is 0 Å². The first-order valence-electron chi connectivity index (χ1n) is 10.7. The summed E-state index contributed by atoms with van der Waals surface area (Å²) >= 11 is 5.94. The maximum Gasteiger partial charge on any atom is 0.255 e. The first kappa shape index (κ1) is 26.3. The van der Waals surface area contributed by atoms with E-state index in [0.717, 1.165) is 17.4 Å². The second-order valence-corrected chi connectivity index (χ2v) is 11.2. The topological polar surface area (TPSA) is 107 Å². The number of aryl methyl sites for hydroxylation is 1. The van der Waals surface area contributed by atoms with Gasteiger partial charge in [0.25, 0.3) is 5.91 Å². The molecule has 0 aliphatic carbocycles. The van der Waals surface area contributed by atoms with Gasteiger partial charge in [0.1, 0.15) is 16.7 Å². The maximum atomic E-state index is 13.2. The van der Waals surface area contributed by atoms with Gasteiger partial charge < -0.3 is 14.8 Å². The average molecular weight is 518 g/mol. The summed E-state index contributed by atoms with van der Waals surface area (Å²) in [5.41, 5.74) is 2.21. The fraction of sp³-hybridized carbons (Fsp3) is 0.280. The van der Waals surface area contributed by atoms with Crippen molar-refractivity contribution in [2.24, 2.45) is 0 Å². The van der Waals surface area contributed by atoms with Crippen LogP contribution >= 0.6 is 11.6 Å². The molecular formula is C25H28ClN3O5S. The highest BCUT2D eigenvalue weighted by Gasteiger charge is 2.22. The number of methoxy groups -OCH3 is 1. The zero-order valence-electron chi connectivity index (χ0n) is 20.4. The SMILES string of the molecule is COc1c(NC(=O)c2ccc(C)c(Oc3ccnc(Cl)c3)c2)cc(C(C)(C)C)cc1NS(C)(=O)=O. The summed E-state index contributed by atoms with van der Waals surface area (Å²) in [4.78, 5) is 17.2. The molecule has 0 spiro atoms. The summed E-state index contributed by atoms with van der Waals surface area (Å²) in [5, 5.41) is 3.14. The number of anilines is 2. The Morgan fingerprint density at radius 3 is 2.34 bits per heavy atom. The summed E-state index contributed by atoms with van der Waals surface area (Å²) in [6.07, 6.45) is 2.58. The number of halogens is 1. The van der Waals surface area contributed by atoms with Crippen LogP contribution in [0.5, 0.6) is 17.2 Å². The number of amides is 1. The van der Waals surface area contributed by atoms with Crippen molar-refractivity contribution < 1.29 is 22.7 Å². The molecule has 1 aromatic heterocycles. The molecule has 0 radical (unpaired) electrons. The fourth-order valence-corrected chi connectivity index (χ4v) is 3.99. The number of ether oxygens (including phenoxy) is 2. The molecule has 10 heteroatoms. The molecule has 35 heavy (non-hydrogen) atoms. The van der Waals surface area contributed by atoms with Gasteiger partial charge in [0.15, 0.2) is 5.75 Å². The minimum Gasteiger partial charge on any atom is -0.492 e. The third-order valence-corrected chi connectivity index (χ3v) is 5.88. The molecule has 0 atom stereocenters. The number of benzene rings is 2. The molecule has 2 aromatic carbocycles. The van der Waals surface area contributed by atoms with Gasteiger partial charge in [-0.2, -0.15) is 0 Å². The second kappa shape index (κ2) is 10.1. The highest BCUT2D eigenvalue weighted by Crippen LogP contribution is 2.39. The number of nitrogens with zero attached hydrogens (tertiary/aromatic N) is 1. The molecule has 0 aliphatic rings. The summed E-state index contributed by atoms with van der Waals surface area (Å²) in [6.45, 7) is 7.82. The van der Waals surface area contributed by atoms with E-state index in [1.807, 2.05) is 27.7 Å². The molecule has 0 saturated carbocycles. The Morgan fingerprint density at radius 1 is 1.06 bits per heavy atom. The van der Waals surface area contributed by atoms with Crippen molar-refractivity contribution >= 4 is 38.9 Å². The molecule has 0 unspecified atom stereocenters. The lowest BCUT2D eigenvalue weighted by Gasteiger charge is -2.24. The summed E-state index contributed by atoms with van der Waals surface area (Å²) in [7, 11) is -2.18. The largest absolute Gasteiger partial charge is 0.492 e. The first-order chi connectivity index (χ1) is 16.3. The zero-order valence-corrected chi connectivity index (χ0v) is 22.0. The molecule has 3 aromatic rings. The smallest absolute Gasteiger partial charge is 0.255 e. The average Bonchev–Trinajstić information content (AvgIpc) is 2.73. The quantitative estimate of drug-likeness (QED) is 0.385. The number of nitrogens with one attached hydrogen (secondary N) is 2. The minimum absolute atomic E-state index is 0.201. The number of carbonyl (C=O) groups is 1. The van der Waals surface area contributed by atoms with E-state index in [1.165, 1.54) is 13.3 Å². The zero-order chi connectivity index (χ0) is 26.0. The van der Waals surface area contributed by atoms with Crippen LogP contribution in [-0.4, -0.2) is 32.7 Å². The molecule has 3 rings (SSSR count). The predicted octanol–water partition coefficient (Wildman–Crippen LogP) is 5.77. The fourth-order valence-electron chi connectivity index (χ4n) is 3.27. The van der Waals surface area contributed by atoms with Crippen LogP contribution < -0.4 is 19.5 Å². The van der Waals surface area contributed by atoms with Gasteiger partial charge in [-0.15, -0.1) is 0 Å². The van der Waals surface area contributed by atoms with Crippen LogP contribution in [0.4, 0.5) is 11.4 Å². The third kappa shape index (κ3) is 6.86. The van der Waals surface area contributed by atoms with Crippen LogP contribution in [0.2, 0.25) is 5.15 Å². The number of hydrogen-bond acceptors (Lipinski definition) is 6. The molecule has 0 fully saturated rings. The van der Waals surface area contributed by atoms with Gasteiger partial charge in [0, 0.05) is 17.8 Å². The molecule has 8 nitrogen and oxygen atoms in total. The lowest BCUT2D eigenvalue weighted by atomic mass is 9.86. The highest BCUT2D eigenvalue weighted by atomic mass is 35.5. The Bertz CT molecular complexity index is 1370. The number of hydrogen-bond donors (Lipinski definition) is 2. The molecule has 1 heterocycles. The Labute approximate surface area is 210 Å². The van der Waals surface area contributed by atoms with Gasteiger partial charge in [-0.05, 0) is 53.8 Å². The first-order valence-corrected chi connectivity index (χ1v) is 13.0. The lowest BCUT2D eigenvalue weighted by molar-refractivity contribution is 0.102. The van der Waals surface area contributed by atoms with E-state index < -0.39 is 15.9 Å². The second-order valence-electron chi connectivity index (χ2n) is 9.08. The minimum atomic E-state index is -3.59. The standard InChI is InChI=1S/C25H28ClN3O5S/c1-15-7-8-16(11-21(15)34-18-9-10-27-22(26)14-18)24(30)28-19-12-17(25(2,3)4)13-20(23(19)33-5)29-35(6,31)32/h7-14,29H,1-6H3,(H,28,30). The van der Waals surface area contributed by atoms with E-state index in [0.29, 0.717) is 27.9 Å². The number of carbonyl (C=O) groups excluding carboxylic acids is 1. The molecule has 2 N–H and O–H groups in total. The van der Waals surface area contributed by atoms with Crippen molar-refractivity contribution in [3.8, 4) is 17.2 Å². The molecule has 1 amide bonds. The van der Waals surface area contributed by atoms with E-state index in [1.54, 1.807) is 42.5 Å². The van der Waals surface area contributed by atoms with Gasteiger partial charge in [-0.1, -0.05) is 38.4 Å². The van der Waals surface area contributed by atoms with Crippen LogP contribution in [0.15, 0.2) is 48.7 Å². The van der Waals surface area contributed by atoms with Crippen molar-refractivity contribution in [1.82, 2.24) is 4.98 Å². The summed E-state index contributed by atoms with van der Waals surface area (Å²) in [6, 6.07) is 11.8. The van der Waals surface area contributed by atoms with Crippen molar-refractivity contribution in [2.75, 3.05) is 23.4 Å². The Hall–Kier alpha value is -3.30. The van der Waals surface area contributed by atoms with Gasteiger partial charge in [-0.25, -0.2) is 13.4 Å². The van der Waals surface area contributed by atoms with Gasteiger partial charge in [0.05, 0.1) is 24.7 Å². The summed E-state index contributed by atoms with van der Waals surface area (Å²) in [5.74, 6) is 0.750.